The van der Waals surface area contributed by atoms with Crippen molar-refractivity contribution >= 4 is 35.1 Å². The van der Waals surface area contributed by atoms with E-state index in [4.69, 9.17) is 32.7 Å². The smallest absolute Gasteiger partial charge is 0.259 e. The second kappa shape index (κ2) is 12.1. The van der Waals surface area contributed by atoms with E-state index in [1.807, 2.05) is 9.80 Å². The Bertz CT molecular complexity index is 1310. The summed E-state index contributed by atoms with van der Waals surface area (Å²) in [5, 5.41) is 16.6. The van der Waals surface area contributed by atoms with Crippen LogP contribution in [0, 0.1) is 0 Å². The summed E-state index contributed by atoms with van der Waals surface area (Å²) < 4.78 is 5.14. The first-order chi connectivity index (χ1) is 19.7. The Balaban J connectivity index is 1.38. The standard InChI is InChI=1S/C27H37N11O3/c1-41-21-5-2-19(3-6-21)32-24(40)22-7-4-20(10-23(22)39)33-25-34-26(37-11-15(28)8-16(29)12-37)36-27(35-25)38-13-17(30)9-18(31)14-38/h2-7,10,15-18,39H,8-9,11-14,28-31H2,1H3,(H,32,40)(H,33,34,35,36)/t15-,16+,17-,18+. The molecule has 4 atom stereocenters. The highest BCUT2D eigenvalue weighted by molar-refractivity contribution is 6.06. The number of nitrogens with zero attached hydrogens (tertiary/aromatic N) is 5. The fourth-order valence-corrected chi connectivity index (χ4v) is 5.18. The van der Waals surface area contributed by atoms with Crippen molar-refractivity contribution in [3.8, 4) is 11.5 Å². The number of amides is 1. The van der Waals surface area contributed by atoms with E-state index in [2.05, 4.69) is 20.6 Å². The number of piperidine rings is 2. The van der Waals surface area contributed by atoms with Gasteiger partial charge in [0.25, 0.3) is 5.91 Å². The molecule has 1 amide bonds. The zero-order chi connectivity index (χ0) is 29.1. The SMILES string of the molecule is COc1ccc(NC(=O)c2ccc(Nc3nc(N4C[C@H](N)C[C@H](N)C4)nc(N4C[C@H](N)C[C@H](N)C4)n3)cc2O)cc1. The summed E-state index contributed by atoms with van der Waals surface area (Å²) in [7, 11) is 1.57. The monoisotopic (exact) mass is 563 g/mol. The van der Waals surface area contributed by atoms with Crippen LogP contribution in [0.2, 0.25) is 0 Å². The molecule has 2 aliphatic rings. The number of carbonyl (C=O) groups excluding carboxylic acids is 1. The lowest BCUT2D eigenvalue weighted by Crippen LogP contribution is -2.54. The van der Waals surface area contributed by atoms with E-state index in [-0.39, 0.29) is 41.4 Å². The van der Waals surface area contributed by atoms with Crippen LogP contribution in [-0.2, 0) is 0 Å². The van der Waals surface area contributed by atoms with Crippen molar-refractivity contribution in [2.45, 2.75) is 37.0 Å². The number of anilines is 5. The van der Waals surface area contributed by atoms with Gasteiger partial charge in [-0.2, -0.15) is 15.0 Å². The molecule has 11 N–H and O–H groups in total. The second-order valence-corrected chi connectivity index (χ2v) is 10.6. The first-order valence-corrected chi connectivity index (χ1v) is 13.5. The second-order valence-electron chi connectivity index (χ2n) is 10.6. The van der Waals surface area contributed by atoms with Gasteiger partial charge in [-0.3, -0.25) is 4.79 Å². The fraction of sp³-hybridized carbons (Fsp3) is 0.407. The zero-order valence-electron chi connectivity index (χ0n) is 22.9. The van der Waals surface area contributed by atoms with Gasteiger partial charge in [0.2, 0.25) is 17.8 Å². The average Bonchev–Trinajstić information content (AvgIpc) is 2.92. The molecule has 41 heavy (non-hydrogen) atoms. The minimum Gasteiger partial charge on any atom is -0.507 e. The van der Waals surface area contributed by atoms with Gasteiger partial charge >= 0.3 is 0 Å². The molecule has 2 saturated heterocycles. The minimum absolute atomic E-state index is 0.107. The summed E-state index contributed by atoms with van der Waals surface area (Å²) in [5.74, 6) is 1.10. The summed E-state index contributed by atoms with van der Waals surface area (Å²) >= 11 is 0. The molecule has 3 aromatic rings. The van der Waals surface area contributed by atoms with Crippen LogP contribution >= 0.6 is 0 Å². The fourth-order valence-electron chi connectivity index (χ4n) is 5.18. The number of phenolic OH excluding ortho intramolecular Hbond substituents is 1. The molecule has 0 saturated carbocycles. The number of hydrogen-bond donors (Lipinski definition) is 7. The quantitative estimate of drug-likeness (QED) is 0.206. The predicted octanol–water partition coefficient (Wildman–Crippen LogP) is 0.311. The number of carbonyl (C=O) groups is 1. The molecule has 2 fully saturated rings. The molecule has 14 nitrogen and oxygen atoms in total. The number of benzene rings is 2. The van der Waals surface area contributed by atoms with Crippen molar-refractivity contribution in [1.29, 1.82) is 0 Å². The molecule has 1 aromatic heterocycles. The third kappa shape index (κ3) is 6.92. The predicted molar refractivity (Wildman–Crippen MR) is 158 cm³/mol. The third-order valence-corrected chi connectivity index (χ3v) is 7.05. The molecule has 0 spiro atoms. The maximum absolute atomic E-state index is 12.8. The zero-order valence-corrected chi connectivity index (χ0v) is 22.9. The minimum atomic E-state index is -0.459. The van der Waals surface area contributed by atoms with Crippen LogP contribution in [0.3, 0.4) is 0 Å². The van der Waals surface area contributed by atoms with Gasteiger partial charge < -0.3 is 53.2 Å². The highest BCUT2D eigenvalue weighted by atomic mass is 16.5. The maximum atomic E-state index is 12.8. The Labute approximate surface area is 238 Å². The Morgan fingerprint density at radius 3 is 1.83 bits per heavy atom. The number of aromatic nitrogens is 3. The lowest BCUT2D eigenvalue weighted by Gasteiger charge is -2.37. The van der Waals surface area contributed by atoms with Crippen LogP contribution in [0.4, 0.5) is 29.2 Å². The number of ether oxygens (including phenoxy) is 1. The molecule has 218 valence electrons. The number of phenols is 1. The number of nitrogens with two attached hydrogens (primary N) is 4. The van der Waals surface area contributed by atoms with Crippen LogP contribution in [0.25, 0.3) is 0 Å². The summed E-state index contributed by atoms with van der Waals surface area (Å²) in [6.45, 7) is 2.20. The van der Waals surface area contributed by atoms with Crippen LogP contribution in [0.5, 0.6) is 11.5 Å². The maximum Gasteiger partial charge on any atom is 0.259 e. The van der Waals surface area contributed by atoms with Gasteiger partial charge in [0.05, 0.1) is 12.7 Å². The van der Waals surface area contributed by atoms with Gasteiger partial charge in [0, 0.05) is 67.8 Å². The first-order valence-electron chi connectivity index (χ1n) is 13.5. The van der Waals surface area contributed by atoms with Gasteiger partial charge in [0.15, 0.2) is 0 Å². The topological polar surface area (TPSA) is 220 Å². The van der Waals surface area contributed by atoms with E-state index in [0.717, 1.165) is 0 Å². The largest absolute Gasteiger partial charge is 0.507 e. The Kier molecular flexibility index (Phi) is 8.35. The third-order valence-electron chi connectivity index (χ3n) is 7.05. The molecule has 14 heteroatoms. The van der Waals surface area contributed by atoms with E-state index < -0.39 is 5.91 Å². The van der Waals surface area contributed by atoms with Crippen LogP contribution in [-0.4, -0.2) is 83.4 Å². The highest BCUT2D eigenvalue weighted by Crippen LogP contribution is 2.27. The molecular formula is C27H37N11O3. The molecule has 0 unspecified atom stereocenters. The van der Waals surface area contributed by atoms with E-state index in [1.54, 1.807) is 37.4 Å². The van der Waals surface area contributed by atoms with Gasteiger partial charge in [-0.15, -0.1) is 0 Å². The molecule has 0 aliphatic carbocycles. The Morgan fingerprint density at radius 2 is 1.34 bits per heavy atom. The molecule has 3 heterocycles. The van der Waals surface area contributed by atoms with Crippen molar-refractivity contribution < 1.29 is 14.6 Å². The van der Waals surface area contributed by atoms with E-state index >= 15 is 0 Å². The van der Waals surface area contributed by atoms with E-state index in [1.165, 1.54) is 12.1 Å². The van der Waals surface area contributed by atoms with Crippen LogP contribution in [0.1, 0.15) is 23.2 Å². The van der Waals surface area contributed by atoms with Crippen LogP contribution < -0.4 is 48.1 Å². The van der Waals surface area contributed by atoms with E-state index in [0.29, 0.717) is 68.0 Å². The van der Waals surface area contributed by atoms with Gasteiger partial charge in [0.1, 0.15) is 11.5 Å². The first kappa shape index (κ1) is 28.3. The summed E-state index contributed by atoms with van der Waals surface area (Å²) in [6.07, 6.45) is 1.43. The molecular weight excluding hydrogens is 526 g/mol. The number of rotatable bonds is 7. The van der Waals surface area contributed by atoms with Crippen molar-refractivity contribution in [3.63, 3.8) is 0 Å². The lowest BCUT2D eigenvalue weighted by molar-refractivity contribution is 0.102. The van der Waals surface area contributed by atoms with Gasteiger partial charge in [-0.1, -0.05) is 0 Å². The van der Waals surface area contributed by atoms with Gasteiger partial charge in [-0.05, 0) is 49.2 Å². The highest BCUT2D eigenvalue weighted by Gasteiger charge is 2.29. The molecule has 2 aromatic carbocycles. The summed E-state index contributed by atoms with van der Waals surface area (Å²) in [4.78, 5) is 30.7. The number of aromatic hydroxyl groups is 1. The Morgan fingerprint density at radius 1 is 0.829 bits per heavy atom. The van der Waals surface area contributed by atoms with Crippen molar-refractivity contribution in [2.75, 3.05) is 53.7 Å². The summed E-state index contributed by atoms with van der Waals surface area (Å²) in [5.41, 5.74) is 26.1. The van der Waals surface area contributed by atoms with Crippen molar-refractivity contribution in [3.05, 3.63) is 48.0 Å². The number of nitrogens with one attached hydrogen (secondary N) is 2. The summed E-state index contributed by atoms with van der Waals surface area (Å²) in [6, 6.07) is 11.1. The normalized spacial score (nSPS) is 22.8. The average molecular weight is 564 g/mol. The Hall–Kier alpha value is -4.24. The van der Waals surface area contributed by atoms with Crippen molar-refractivity contribution in [1.82, 2.24) is 15.0 Å². The number of methoxy groups -OCH3 is 1. The molecule has 0 bridgehead atoms. The van der Waals surface area contributed by atoms with Crippen molar-refractivity contribution in [2.24, 2.45) is 22.9 Å². The molecule has 0 radical (unpaired) electrons. The van der Waals surface area contributed by atoms with E-state index in [9.17, 15) is 9.90 Å². The number of hydrogen-bond acceptors (Lipinski definition) is 13. The molecule has 5 rings (SSSR count). The molecule has 2 aliphatic heterocycles. The lowest BCUT2D eigenvalue weighted by atomic mass is 10.0. The van der Waals surface area contributed by atoms with Crippen LogP contribution in [0.15, 0.2) is 42.5 Å². The van der Waals surface area contributed by atoms with Gasteiger partial charge in [-0.25, -0.2) is 0 Å².